The van der Waals surface area contributed by atoms with E-state index < -0.39 is 0 Å². The summed E-state index contributed by atoms with van der Waals surface area (Å²) in [6.07, 6.45) is 2.72. The first-order valence-corrected chi connectivity index (χ1v) is 6.14. The number of rotatable bonds is 3. The Labute approximate surface area is 97.3 Å². The third kappa shape index (κ3) is 2.43. The maximum absolute atomic E-state index is 11.6. The molecule has 0 N–H and O–H groups in total. The molecule has 0 amide bonds. The van der Waals surface area contributed by atoms with Crippen molar-refractivity contribution in [3.8, 4) is 0 Å². The summed E-state index contributed by atoms with van der Waals surface area (Å²) >= 11 is 0. The van der Waals surface area contributed by atoms with Gasteiger partial charge >= 0.3 is 0 Å². The van der Waals surface area contributed by atoms with Crippen molar-refractivity contribution in [3.05, 3.63) is 30.3 Å². The molecular formula is C14H19NO. The van der Waals surface area contributed by atoms with Crippen LogP contribution in [-0.4, -0.2) is 18.9 Å². The highest BCUT2D eigenvalue weighted by Gasteiger charge is 2.23. The summed E-state index contributed by atoms with van der Waals surface area (Å²) < 4.78 is 0. The molecule has 0 unspecified atom stereocenters. The Hall–Kier alpha value is -1.31. The van der Waals surface area contributed by atoms with E-state index in [0.717, 1.165) is 25.9 Å². The lowest BCUT2D eigenvalue weighted by Gasteiger charge is -2.32. The highest BCUT2D eigenvalue weighted by atomic mass is 16.1. The third-order valence-electron chi connectivity index (χ3n) is 3.42. The Kier molecular flexibility index (Phi) is 3.60. The monoisotopic (exact) mass is 217 g/mol. The average molecular weight is 217 g/mol. The van der Waals surface area contributed by atoms with Crippen LogP contribution in [0.15, 0.2) is 30.3 Å². The van der Waals surface area contributed by atoms with Crippen LogP contribution in [0.1, 0.15) is 26.2 Å². The van der Waals surface area contributed by atoms with E-state index in [-0.39, 0.29) is 0 Å². The number of nitrogens with zero attached hydrogens (tertiary/aromatic N) is 1. The van der Waals surface area contributed by atoms with Crippen molar-refractivity contribution in [1.82, 2.24) is 0 Å². The van der Waals surface area contributed by atoms with Crippen molar-refractivity contribution in [2.24, 2.45) is 5.92 Å². The van der Waals surface area contributed by atoms with Gasteiger partial charge in [0.05, 0.1) is 0 Å². The van der Waals surface area contributed by atoms with Gasteiger partial charge in [-0.05, 0) is 25.0 Å². The number of piperidine rings is 1. The molecule has 0 saturated carbocycles. The quantitative estimate of drug-likeness (QED) is 0.776. The summed E-state index contributed by atoms with van der Waals surface area (Å²) in [5, 5.41) is 0. The van der Waals surface area contributed by atoms with Crippen molar-refractivity contribution in [2.75, 3.05) is 18.0 Å². The van der Waals surface area contributed by atoms with Gasteiger partial charge in [-0.25, -0.2) is 0 Å². The second kappa shape index (κ2) is 5.15. The van der Waals surface area contributed by atoms with Crippen LogP contribution in [0.25, 0.3) is 0 Å². The van der Waals surface area contributed by atoms with Gasteiger partial charge in [0.15, 0.2) is 0 Å². The zero-order valence-electron chi connectivity index (χ0n) is 9.86. The Morgan fingerprint density at radius 3 is 2.44 bits per heavy atom. The number of ketones is 1. The highest BCUT2D eigenvalue weighted by Crippen LogP contribution is 2.23. The van der Waals surface area contributed by atoms with Crippen LogP contribution in [0.4, 0.5) is 5.69 Å². The van der Waals surface area contributed by atoms with E-state index in [0.29, 0.717) is 18.1 Å². The summed E-state index contributed by atoms with van der Waals surface area (Å²) in [6, 6.07) is 10.5. The van der Waals surface area contributed by atoms with Crippen LogP contribution in [-0.2, 0) is 4.79 Å². The standard InChI is InChI=1S/C14H19NO/c1-2-14(16)12-8-10-15(11-9-12)13-6-4-3-5-7-13/h3-7,12H,2,8-11H2,1H3. The zero-order valence-corrected chi connectivity index (χ0v) is 9.86. The van der Waals surface area contributed by atoms with E-state index in [1.54, 1.807) is 0 Å². The number of para-hydroxylation sites is 1. The van der Waals surface area contributed by atoms with Crippen molar-refractivity contribution in [2.45, 2.75) is 26.2 Å². The lowest BCUT2D eigenvalue weighted by atomic mass is 9.91. The van der Waals surface area contributed by atoms with Gasteiger partial charge in [-0.3, -0.25) is 4.79 Å². The van der Waals surface area contributed by atoms with Crippen LogP contribution >= 0.6 is 0 Å². The van der Waals surface area contributed by atoms with Crippen LogP contribution in [0.5, 0.6) is 0 Å². The number of hydrogen-bond acceptors (Lipinski definition) is 2. The molecule has 0 aliphatic carbocycles. The van der Waals surface area contributed by atoms with Gasteiger partial charge in [0.2, 0.25) is 0 Å². The predicted molar refractivity (Wildman–Crippen MR) is 66.7 cm³/mol. The van der Waals surface area contributed by atoms with Gasteiger partial charge in [0.25, 0.3) is 0 Å². The average Bonchev–Trinajstić information content (AvgIpc) is 2.39. The summed E-state index contributed by atoms with van der Waals surface area (Å²) in [6.45, 7) is 3.99. The van der Waals surface area contributed by atoms with Gasteiger partial charge in [-0.15, -0.1) is 0 Å². The van der Waals surface area contributed by atoms with E-state index in [1.165, 1.54) is 5.69 Å². The SMILES string of the molecule is CCC(=O)C1CCN(c2ccccc2)CC1. The molecule has 1 aromatic rings. The molecule has 2 heteroatoms. The van der Waals surface area contributed by atoms with E-state index in [9.17, 15) is 4.79 Å². The molecule has 2 rings (SSSR count). The first-order chi connectivity index (χ1) is 7.81. The van der Waals surface area contributed by atoms with Gasteiger partial charge in [-0.1, -0.05) is 25.1 Å². The number of carbonyl (C=O) groups is 1. The smallest absolute Gasteiger partial charge is 0.135 e. The number of benzene rings is 1. The Bertz CT molecular complexity index is 339. The molecule has 0 aromatic heterocycles. The predicted octanol–water partition coefficient (Wildman–Crippen LogP) is 2.88. The Morgan fingerprint density at radius 2 is 1.88 bits per heavy atom. The first-order valence-electron chi connectivity index (χ1n) is 6.14. The minimum atomic E-state index is 0.310. The molecule has 1 aromatic carbocycles. The van der Waals surface area contributed by atoms with E-state index in [1.807, 2.05) is 13.0 Å². The summed E-state index contributed by atoms with van der Waals surface area (Å²) in [5.41, 5.74) is 1.28. The Balaban J connectivity index is 1.93. The highest BCUT2D eigenvalue weighted by molar-refractivity contribution is 5.81. The summed E-state index contributed by atoms with van der Waals surface area (Å²) in [5.74, 6) is 0.748. The second-order valence-corrected chi connectivity index (χ2v) is 4.42. The first kappa shape index (κ1) is 11.2. The molecule has 0 bridgehead atoms. The van der Waals surface area contributed by atoms with Crippen LogP contribution < -0.4 is 4.90 Å². The lowest BCUT2D eigenvalue weighted by molar-refractivity contribution is -0.123. The molecule has 0 atom stereocenters. The fraction of sp³-hybridized carbons (Fsp3) is 0.500. The van der Waals surface area contributed by atoms with Crippen molar-refractivity contribution in [1.29, 1.82) is 0 Å². The van der Waals surface area contributed by atoms with Crippen molar-refractivity contribution < 1.29 is 4.79 Å². The van der Waals surface area contributed by atoms with Crippen molar-refractivity contribution >= 4 is 11.5 Å². The third-order valence-corrected chi connectivity index (χ3v) is 3.42. The molecule has 86 valence electrons. The van der Waals surface area contributed by atoms with Crippen LogP contribution in [0, 0.1) is 5.92 Å². The van der Waals surface area contributed by atoms with Gasteiger partial charge in [0.1, 0.15) is 5.78 Å². The topological polar surface area (TPSA) is 20.3 Å². The molecule has 0 radical (unpaired) electrons. The second-order valence-electron chi connectivity index (χ2n) is 4.42. The molecule has 16 heavy (non-hydrogen) atoms. The molecule has 1 fully saturated rings. The van der Waals surface area contributed by atoms with Gasteiger partial charge in [-0.2, -0.15) is 0 Å². The molecular weight excluding hydrogens is 198 g/mol. The van der Waals surface area contributed by atoms with E-state index in [4.69, 9.17) is 0 Å². The number of carbonyl (C=O) groups excluding carboxylic acids is 1. The largest absolute Gasteiger partial charge is 0.371 e. The maximum atomic E-state index is 11.6. The number of hydrogen-bond donors (Lipinski definition) is 0. The van der Waals surface area contributed by atoms with E-state index >= 15 is 0 Å². The minimum Gasteiger partial charge on any atom is -0.371 e. The van der Waals surface area contributed by atoms with Gasteiger partial charge in [0, 0.05) is 31.1 Å². The molecule has 1 saturated heterocycles. The normalized spacial score (nSPS) is 17.4. The minimum absolute atomic E-state index is 0.310. The van der Waals surface area contributed by atoms with E-state index in [2.05, 4.69) is 29.2 Å². The molecule has 1 heterocycles. The molecule has 1 aliphatic rings. The number of Topliss-reactive ketones (excluding diaryl/α,β-unsaturated/α-hetero) is 1. The fourth-order valence-corrected chi connectivity index (χ4v) is 2.39. The zero-order chi connectivity index (χ0) is 11.4. The fourth-order valence-electron chi connectivity index (χ4n) is 2.39. The molecule has 0 spiro atoms. The molecule has 1 aliphatic heterocycles. The van der Waals surface area contributed by atoms with Gasteiger partial charge < -0.3 is 4.90 Å². The van der Waals surface area contributed by atoms with Crippen molar-refractivity contribution in [3.63, 3.8) is 0 Å². The molecule has 2 nitrogen and oxygen atoms in total. The van der Waals surface area contributed by atoms with Crippen LogP contribution in [0.2, 0.25) is 0 Å². The lowest BCUT2D eigenvalue weighted by Crippen LogP contribution is -2.36. The Morgan fingerprint density at radius 1 is 1.25 bits per heavy atom. The maximum Gasteiger partial charge on any atom is 0.135 e. The number of anilines is 1. The summed E-state index contributed by atoms with van der Waals surface area (Å²) in [7, 11) is 0. The summed E-state index contributed by atoms with van der Waals surface area (Å²) in [4.78, 5) is 14.0. The van der Waals surface area contributed by atoms with Crippen LogP contribution in [0.3, 0.4) is 0 Å².